The summed E-state index contributed by atoms with van der Waals surface area (Å²) in [6.45, 7) is 1.87. The summed E-state index contributed by atoms with van der Waals surface area (Å²) in [5.41, 5.74) is 0.892. The first-order chi connectivity index (χ1) is 17.1. The smallest absolute Gasteiger partial charge is 0.264 e. The molecule has 0 atom stereocenters. The number of likely N-dealkylation sites (tertiary alicyclic amines) is 1. The molecule has 1 saturated heterocycles. The third-order valence-electron chi connectivity index (χ3n) is 7.15. The number of amides is 1. The maximum Gasteiger partial charge on any atom is 0.264 e. The molecule has 7 nitrogen and oxygen atoms in total. The highest BCUT2D eigenvalue weighted by Gasteiger charge is 2.33. The number of piperidine rings is 1. The van der Waals surface area contributed by atoms with Crippen molar-refractivity contribution in [2.45, 2.75) is 55.6 Å². The van der Waals surface area contributed by atoms with Crippen LogP contribution in [0.15, 0.2) is 47.4 Å². The van der Waals surface area contributed by atoms with Crippen molar-refractivity contribution >= 4 is 44.8 Å². The zero-order valence-corrected chi connectivity index (χ0v) is 23.0. The monoisotopic (exact) mass is 553 g/mol. The third-order valence-corrected chi connectivity index (χ3v) is 9.25. The Morgan fingerprint density at radius 1 is 0.944 bits per heavy atom. The van der Waals surface area contributed by atoms with Crippen LogP contribution in [0.5, 0.6) is 5.75 Å². The first-order valence-corrected chi connectivity index (χ1v) is 14.6. The molecule has 0 radical (unpaired) electrons. The molecule has 1 aliphatic carbocycles. The minimum atomic E-state index is -3.88. The summed E-state index contributed by atoms with van der Waals surface area (Å²) >= 11 is 12.1. The summed E-state index contributed by atoms with van der Waals surface area (Å²) < 4.78 is 33.8. The lowest BCUT2D eigenvalue weighted by Gasteiger charge is -2.40. The van der Waals surface area contributed by atoms with E-state index in [2.05, 4.69) is 9.62 Å². The number of rotatable bonds is 7. The van der Waals surface area contributed by atoms with Gasteiger partial charge in [0.1, 0.15) is 11.9 Å². The van der Waals surface area contributed by atoms with E-state index in [0.29, 0.717) is 28.9 Å². The molecule has 1 heterocycles. The molecule has 4 rings (SSSR count). The molecule has 0 unspecified atom stereocenters. The number of sulfonamides is 1. The molecule has 1 saturated carbocycles. The highest BCUT2D eigenvalue weighted by molar-refractivity contribution is 7.90. The maximum atomic E-state index is 12.8. The minimum absolute atomic E-state index is 0.0982. The van der Waals surface area contributed by atoms with Crippen LogP contribution in [0.1, 0.15) is 38.5 Å². The minimum Gasteiger partial charge on any atom is -0.490 e. The average molecular weight is 555 g/mol. The standard InChI is InChI=1S/C26H33Cl2N3O4S/c1-30(2)19-7-10-23(11-8-19)36(33,34)29-26(32)18-3-5-20(6-4-18)31-15-13-21(14-16-31)35-22-9-12-24(27)25(28)17-22/h7-12,17-18,20-21H,3-6,13-16H2,1-2H3,(H,29,32). The fraction of sp³-hybridized carbons (Fsp3) is 0.500. The lowest BCUT2D eigenvalue weighted by molar-refractivity contribution is -0.124. The van der Waals surface area contributed by atoms with Crippen LogP contribution in [0.3, 0.4) is 0 Å². The van der Waals surface area contributed by atoms with Crippen LogP contribution in [0.4, 0.5) is 5.69 Å². The summed E-state index contributed by atoms with van der Waals surface area (Å²) in [5, 5.41) is 1.00. The van der Waals surface area contributed by atoms with Crippen LogP contribution in [-0.4, -0.2) is 58.6 Å². The Kier molecular flexibility index (Phi) is 8.71. The molecule has 0 spiro atoms. The topological polar surface area (TPSA) is 79.0 Å². The van der Waals surface area contributed by atoms with Crippen molar-refractivity contribution in [2.24, 2.45) is 5.92 Å². The highest BCUT2D eigenvalue weighted by Crippen LogP contribution is 2.32. The molecule has 1 amide bonds. The van der Waals surface area contributed by atoms with Crippen LogP contribution >= 0.6 is 23.2 Å². The first-order valence-electron chi connectivity index (χ1n) is 12.3. The third kappa shape index (κ3) is 6.65. The summed E-state index contributed by atoms with van der Waals surface area (Å²) in [6.07, 6.45) is 5.12. The van der Waals surface area contributed by atoms with Crippen molar-refractivity contribution in [2.75, 3.05) is 32.1 Å². The van der Waals surface area contributed by atoms with Gasteiger partial charge in [0.25, 0.3) is 10.0 Å². The molecule has 1 N–H and O–H groups in total. The van der Waals surface area contributed by atoms with E-state index in [0.717, 1.165) is 50.2 Å². The second-order valence-electron chi connectivity index (χ2n) is 9.79. The highest BCUT2D eigenvalue weighted by atomic mass is 35.5. The van der Waals surface area contributed by atoms with Crippen LogP contribution < -0.4 is 14.4 Å². The second-order valence-corrected chi connectivity index (χ2v) is 12.3. The molecular formula is C26H33Cl2N3O4S. The Hall–Kier alpha value is -2.00. The lowest BCUT2D eigenvalue weighted by Crippen LogP contribution is -2.46. The second kappa shape index (κ2) is 11.6. The normalized spacial score (nSPS) is 21.7. The molecule has 10 heteroatoms. The molecule has 1 aliphatic heterocycles. The number of ether oxygens (including phenoxy) is 1. The molecular weight excluding hydrogens is 521 g/mol. The predicted octanol–water partition coefficient (Wildman–Crippen LogP) is 4.97. The predicted molar refractivity (Wildman–Crippen MR) is 144 cm³/mol. The van der Waals surface area contributed by atoms with E-state index in [-0.39, 0.29) is 16.9 Å². The average Bonchev–Trinajstić information content (AvgIpc) is 2.86. The van der Waals surface area contributed by atoms with Gasteiger partial charge in [0.15, 0.2) is 0 Å². The van der Waals surface area contributed by atoms with Crippen LogP contribution in [0.25, 0.3) is 0 Å². The summed E-state index contributed by atoms with van der Waals surface area (Å²) in [6, 6.07) is 12.2. The number of hydrogen-bond acceptors (Lipinski definition) is 6. The van der Waals surface area contributed by atoms with E-state index in [9.17, 15) is 13.2 Å². The molecule has 2 aromatic rings. The fourth-order valence-electron chi connectivity index (χ4n) is 5.00. The summed E-state index contributed by atoms with van der Waals surface area (Å²) in [5.74, 6) is 0.0458. The van der Waals surface area contributed by atoms with Gasteiger partial charge in [-0.3, -0.25) is 4.79 Å². The van der Waals surface area contributed by atoms with Crippen LogP contribution in [0.2, 0.25) is 10.0 Å². The number of anilines is 1. The van der Waals surface area contributed by atoms with Gasteiger partial charge in [-0.2, -0.15) is 0 Å². The van der Waals surface area contributed by atoms with Gasteiger partial charge < -0.3 is 14.5 Å². The Labute approximate surface area is 223 Å². The zero-order chi connectivity index (χ0) is 25.9. The van der Waals surface area contributed by atoms with Gasteiger partial charge in [0, 0.05) is 50.9 Å². The van der Waals surface area contributed by atoms with E-state index in [1.54, 1.807) is 24.3 Å². The molecule has 2 aromatic carbocycles. The first kappa shape index (κ1) is 27.0. The van der Waals surface area contributed by atoms with Crippen molar-refractivity contribution in [1.82, 2.24) is 9.62 Å². The number of hydrogen-bond donors (Lipinski definition) is 1. The molecule has 196 valence electrons. The van der Waals surface area contributed by atoms with Crippen molar-refractivity contribution in [3.8, 4) is 5.75 Å². The number of carbonyl (C=O) groups excluding carboxylic acids is 1. The van der Waals surface area contributed by atoms with E-state index >= 15 is 0 Å². The van der Waals surface area contributed by atoms with Gasteiger partial charge in [-0.15, -0.1) is 0 Å². The van der Waals surface area contributed by atoms with Crippen LogP contribution in [-0.2, 0) is 14.8 Å². The largest absolute Gasteiger partial charge is 0.490 e. The number of benzene rings is 2. The molecule has 0 aromatic heterocycles. The molecule has 36 heavy (non-hydrogen) atoms. The van der Waals surface area contributed by atoms with Crippen molar-refractivity contribution in [3.63, 3.8) is 0 Å². The van der Waals surface area contributed by atoms with Crippen molar-refractivity contribution in [3.05, 3.63) is 52.5 Å². The molecule has 2 fully saturated rings. The summed E-state index contributed by atoms with van der Waals surface area (Å²) in [7, 11) is -0.112. The Balaban J connectivity index is 1.23. The Morgan fingerprint density at radius 3 is 2.17 bits per heavy atom. The van der Waals surface area contributed by atoms with Gasteiger partial charge in [-0.1, -0.05) is 23.2 Å². The maximum absolute atomic E-state index is 12.8. The quantitative estimate of drug-likeness (QED) is 0.521. The molecule has 0 bridgehead atoms. The van der Waals surface area contributed by atoms with Crippen molar-refractivity contribution < 1.29 is 17.9 Å². The van der Waals surface area contributed by atoms with E-state index in [1.807, 2.05) is 25.1 Å². The number of nitrogens with zero attached hydrogens (tertiary/aromatic N) is 2. The number of halogens is 2. The van der Waals surface area contributed by atoms with E-state index < -0.39 is 15.9 Å². The Bertz CT molecular complexity index is 1160. The van der Waals surface area contributed by atoms with Crippen LogP contribution in [0, 0.1) is 5.92 Å². The van der Waals surface area contributed by atoms with Gasteiger partial charge in [0.2, 0.25) is 5.91 Å². The fourth-order valence-corrected chi connectivity index (χ4v) is 6.33. The van der Waals surface area contributed by atoms with E-state index in [4.69, 9.17) is 27.9 Å². The zero-order valence-electron chi connectivity index (χ0n) is 20.6. The molecule has 2 aliphatic rings. The van der Waals surface area contributed by atoms with Gasteiger partial charge in [0.05, 0.1) is 14.9 Å². The van der Waals surface area contributed by atoms with E-state index in [1.165, 1.54) is 12.1 Å². The SMILES string of the molecule is CN(C)c1ccc(S(=O)(=O)NC(=O)C2CCC(N3CCC(Oc4ccc(Cl)c(Cl)c4)CC3)CC2)cc1. The Morgan fingerprint density at radius 2 is 1.58 bits per heavy atom. The van der Waals surface area contributed by atoms with Crippen molar-refractivity contribution in [1.29, 1.82) is 0 Å². The lowest BCUT2D eigenvalue weighted by atomic mass is 9.84. The van der Waals surface area contributed by atoms with Gasteiger partial charge in [-0.25, -0.2) is 13.1 Å². The van der Waals surface area contributed by atoms with Gasteiger partial charge in [-0.05, 0) is 74.9 Å². The number of nitrogens with one attached hydrogen (secondary N) is 1. The number of carbonyl (C=O) groups is 1. The van der Waals surface area contributed by atoms with Gasteiger partial charge >= 0.3 is 0 Å². The summed E-state index contributed by atoms with van der Waals surface area (Å²) in [4.78, 5) is 17.2.